The topological polar surface area (TPSA) is 73.5 Å². The number of aromatic amines is 1. The number of anilines is 2. The molecule has 0 bridgehead atoms. The zero-order valence-electron chi connectivity index (χ0n) is 17.7. The molecule has 2 aromatic heterocycles. The molecule has 1 aromatic carbocycles. The molecule has 1 saturated heterocycles. The second-order valence-corrected chi connectivity index (χ2v) is 7.96. The summed E-state index contributed by atoms with van der Waals surface area (Å²) in [4.78, 5) is 24.2. The number of nitrogens with one attached hydrogen (secondary N) is 2. The first kappa shape index (κ1) is 21.8. The number of alkyl halides is 3. The lowest BCUT2D eigenvalue weighted by molar-refractivity contribution is -0.274. The number of ether oxygens (including phenoxy) is 1. The largest absolute Gasteiger partial charge is 0.573 e. The maximum atomic E-state index is 12.8. The Morgan fingerprint density at radius 2 is 2.00 bits per heavy atom. The summed E-state index contributed by atoms with van der Waals surface area (Å²) in [5.41, 5.74) is 2.25. The van der Waals surface area contributed by atoms with Gasteiger partial charge in [-0.25, -0.2) is 9.78 Å². The van der Waals surface area contributed by atoms with Gasteiger partial charge in [-0.15, -0.1) is 13.2 Å². The van der Waals surface area contributed by atoms with Crippen molar-refractivity contribution in [3.63, 3.8) is 0 Å². The fourth-order valence-electron chi connectivity index (χ4n) is 4.11. The molecule has 1 fully saturated rings. The lowest BCUT2D eigenvalue weighted by Gasteiger charge is -2.42. The van der Waals surface area contributed by atoms with Crippen LogP contribution in [0.3, 0.4) is 0 Å². The SMILES string of the molecule is CC1CCN(C(=O)Nc2ccc(OC(F)(F)F)cc2)CC1N(C)c1ccnc2[nH]ccc12. The normalized spacial score (nSPS) is 19.1. The summed E-state index contributed by atoms with van der Waals surface area (Å²) in [6.45, 7) is 3.29. The van der Waals surface area contributed by atoms with Crippen LogP contribution in [0.4, 0.5) is 29.3 Å². The molecule has 2 N–H and O–H groups in total. The second kappa shape index (κ2) is 8.60. The summed E-state index contributed by atoms with van der Waals surface area (Å²) in [6, 6.07) is 8.86. The number of benzene rings is 1. The van der Waals surface area contributed by atoms with Gasteiger partial charge in [0, 0.05) is 55.3 Å². The Morgan fingerprint density at radius 1 is 1.25 bits per heavy atom. The van der Waals surface area contributed by atoms with Gasteiger partial charge in [0.1, 0.15) is 11.4 Å². The maximum Gasteiger partial charge on any atom is 0.573 e. The fraction of sp³-hybridized carbons (Fsp3) is 0.364. The van der Waals surface area contributed by atoms with E-state index in [-0.39, 0.29) is 17.8 Å². The number of H-pyrrole nitrogens is 1. The Labute approximate surface area is 183 Å². The van der Waals surface area contributed by atoms with Crippen molar-refractivity contribution in [2.24, 2.45) is 5.92 Å². The number of hydrogen-bond donors (Lipinski definition) is 2. The fourth-order valence-corrected chi connectivity index (χ4v) is 4.11. The molecule has 0 spiro atoms. The predicted octanol–water partition coefficient (Wildman–Crippen LogP) is 4.84. The number of fused-ring (bicyclic) bond motifs is 1. The van der Waals surface area contributed by atoms with Gasteiger partial charge in [0.2, 0.25) is 0 Å². The highest BCUT2D eigenvalue weighted by molar-refractivity contribution is 5.91. The highest BCUT2D eigenvalue weighted by Gasteiger charge is 2.33. The Morgan fingerprint density at radius 3 is 2.72 bits per heavy atom. The van der Waals surface area contributed by atoms with Crippen LogP contribution in [-0.4, -0.2) is 53.4 Å². The molecule has 3 aromatic rings. The summed E-state index contributed by atoms with van der Waals surface area (Å²) in [5, 5.41) is 3.78. The number of piperidine rings is 1. The first-order chi connectivity index (χ1) is 15.2. The minimum atomic E-state index is -4.75. The maximum absolute atomic E-state index is 12.8. The molecule has 32 heavy (non-hydrogen) atoms. The highest BCUT2D eigenvalue weighted by Crippen LogP contribution is 2.30. The number of halogens is 3. The van der Waals surface area contributed by atoms with Gasteiger partial charge in [-0.05, 0) is 48.7 Å². The van der Waals surface area contributed by atoms with Crippen LogP contribution in [0.15, 0.2) is 48.8 Å². The molecule has 170 valence electrons. The molecular weight excluding hydrogens is 423 g/mol. The van der Waals surface area contributed by atoms with Crippen molar-refractivity contribution in [2.75, 3.05) is 30.4 Å². The van der Waals surface area contributed by atoms with Gasteiger partial charge >= 0.3 is 12.4 Å². The number of aromatic nitrogens is 2. The number of carbonyl (C=O) groups excluding carboxylic acids is 1. The molecule has 0 saturated carbocycles. The Bertz CT molecular complexity index is 1080. The number of likely N-dealkylation sites (N-methyl/N-ethyl adjacent to an activating group) is 1. The third-order valence-electron chi connectivity index (χ3n) is 5.86. The molecule has 1 aliphatic rings. The molecule has 7 nitrogen and oxygen atoms in total. The van der Waals surface area contributed by atoms with Crippen LogP contribution < -0.4 is 15.0 Å². The van der Waals surface area contributed by atoms with E-state index in [0.717, 1.165) is 23.1 Å². The predicted molar refractivity (Wildman–Crippen MR) is 116 cm³/mol. The van der Waals surface area contributed by atoms with Gasteiger partial charge in [-0.3, -0.25) is 0 Å². The van der Waals surface area contributed by atoms with Crippen LogP contribution in [0, 0.1) is 5.92 Å². The number of pyridine rings is 1. The van der Waals surface area contributed by atoms with Crippen LogP contribution >= 0.6 is 0 Å². The average Bonchev–Trinajstić information content (AvgIpc) is 3.23. The van der Waals surface area contributed by atoms with Gasteiger partial charge in [0.05, 0.1) is 0 Å². The minimum absolute atomic E-state index is 0.0950. The van der Waals surface area contributed by atoms with Crippen LogP contribution in [0.1, 0.15) is 13.3 Å². The van der Waals surface area contributed by atoms with E-state index in [1.807, 2.05) is 25.4 Å². The lowest BCUT2D eigenvalue weighted by atomic mass is 9.92. The van der Waals surface area contributed by atoms with Crippen molar-refractivity contribution in [1.82, 2.24) is 14.9 Å². The number of likely N-dealkylation sites (tertiary alicyclic amines) is 1. The molecule has 10 heteroatoms. The molecule has 0 aliphatic carbocycles. The first-order valence-corrected chi connectivity index (χ1v) is 10.3. The summed E-state index contributed by atoms with van der Waals surface area (Å²) in [6.07, 6.45) is -0.307. The standard InChI is InChI=1S/C22H24F3N5O2/c1-14-9-12-30(21(31)28-15-3-5-16(6-4-15)32-22(23,24)25)13-19(14)29(2)18-8-11-27-20-17(18)7-10-26-20/h3-8,10-11,14,19H,9,12-13H2,1-2H3,(H,26,27)(H,28,31). The number of hydrogen-bond acceptors (Lipinski definition) is 4. The highest BCUT2D eigenvalue weighted by atomic mass is 19.4. The van der Waals surface area contributed by atoms with Gasteiger partial charge in [0.15, 0.2) is 0 Å². The van der Waals surface area contributed by atoms with E-state index < -0.39 is 6.36 Å². The zero-order valence-corrected chi connectivity index (χ0v) is 17.7. The summed E-state index contributed by atoms with van der Waals surface area (Å²) < 4.78 is 40.8. The number of amides is 2. The third kappa shape index (κ3) is 4.74. The molecule has 4 rings (SSSR count). The summed E-state index contributed by atoms with van der Waals surface area (Å²) in [7, 11) is 2.02. The lowest BCUT2D eigenvalue weighted by Crippen LogP contribution is -2.53. The Kier molecular flexibility index (Phi) is 5.86. The third-order valence-corrected chi connectivity index (χ3v) is 5.86. The van der Waals surface area contributed by atoms with Crippen molar-refractivity contribution in [3.05, 3.63) is 48.8 Å². The quantitative estimate of drug-likeness (QED) is 0.600. The van der Waals surface area contributed by atoms with Crippen molar-refractivity contribution in [3.8, 4) is 5.75 Å². The molecule has 2 amide bonds. The van der Waals surface area contributed by atoms with Crippen LogP contribution in [0.2, 0.25) is 0 Å². The van der Waals surface area contributed by atoms with Gasteiger partial charge < -0.3 is 24.8 Å². The van der Waals surface area contributed by atoms with Crippen molar-refractivity contribution >= 4 is 28.4 Å². The smallest absolute Gasteiger partial charge is 0.406 e. The minimum Gasteiger partial charge on any atom is -0.406 e. The van der Waals surface area contributed by atoms with Crippen LogP contribution in [0.25, 0.3) is 11.0 Å². The van der Waals surface area contributed by atoms with E-state index in [4.69, 9.17) is 0 Å². The first-order valence-electron chi connectivity index (χ1n) is 10.3. The van der Waals surface area contributed by atoms with Gasteiger partial charge in [-0.1, -0.05) is 6.92 Å². The molecule has 3 heterocycles. The van der Waals surface area contributed by atoms with E-state index in [1.165, 1.54) is 24.3 Å². The van der Waals surface area contributed by atoms with Gasteiger partial charge in [-0.2, -0.15) is 0 Å². The molecule has 0 radical (unpaired) electrons. The van der Waals surface area contributed by atoms with E-state index in [2.05, 4.69) is 31.8 Å². The Hall–Kier alpha value is -3.43. The van der Waals surface area contributed by atoms with E-state index in [1.54, 1.807) is 11.1 Å². The van der Waals surface area contributed by atoms with E-state index in [9.17, 15) is 18.0 Å². The average molecular weight is 447 g/mol. The van der Waals surface area contributed by atoms with Crippen LogP contribution in [-0.2, 0) is 0 Å². The summed E-state index contributed by atoms with van der Waals surface area (Å²) in [5.74, 6) is 0.0300. The number of urea groups is 1. The molecule has 2 unspecified atom stereocenters. The number of rotatable bonds is 4. The summed E-state index contributed by atoms with van der Waals surface area (Å²) >= 11 is 0. The number of carbonyl (C=O) groups is 1. The Balaban J connectivity index is 1.43. The second-order valence-electron chi connectivity index (χ2n) is 7.96. The van der Waals surface area contributed by atoms with Gasteiger partial charge in [0.25, 0.3) is 0 Å². The van der Waals surface area contributed by atoms with Crippen molar-refractivity contribution < 1.29 is 22.7 Å². The number of nitrogens with zero attached hydrogens (tertiary/aromatic N) is 3. The van der Waals surface area contributed by atoms with Crippen molar-refractivity contribution in [1.29, 1.82) is 0 Å². The van der Waals surface area contributed by atoms with Crippen molar-refractivity contribution in [2.45, 2.75) is 25.7 Å². The van der Waals surface area contributed by atoms with E-state index in [0.29, 0.717) is 24.7 Å². The van der Waals surface area contributed by atoms with Crippen LogP contribution in [0.5, 0.6) is 5.75 Å². The monoisotopic (exact) mass is 447 g/mol. The van der Waals surface area contributed by atoms with E-state index >= 15 is 0 Å². The zero-order chi connectivity index (χ0) is 22.9. The molecule has 1 aliphatic heterocycles. The molecular formula is C22H24F3N5O2. The molecule has 2 atom stereocenters.